The number of aromatic nitrogens is 2. The van der Waals surface area contributed by atoms with Crippen LogP contribution in [0.15, 0.2) is 6.20 Å². The highest BCUT2D eigenvalue weighted by molar-refractivity contribution is 5.96. The largest absolute Gasteiger partial charge is 0.405 e. The number of aromatic amines is 1. The van der Waals surface area contributed by atoms with Crippen molar-refractivity contribution >= 4 is 11.6 Å². The smallest absolute Gasteiger partial charge is 0.396 e. The highest BCUT2D eigenvalue weighted by Gasteiger charge is 2.28. The van der Waals surface area contributed by atoms with E-state index in [2.05, 4.69) is 10.2 Å². The number of hydrogen-bond acceptors (Lipinski definition) is 3. The monoisotopic (exact) mass is 208 g/mol. The van der Waals surface area contributed by atoms with Gasteiger partial charge in [0.05, 0.1) is 11.9 Å². The molecule has 0 atom stereocenters. The van der Waals surface area contributed by atoms with Gasteiger partial charge < -0.3 is 11.1 Å². The lowest BCUT2D eigenvalue weighted by molar-refractivity contribution is -0.123. The molecule has 0 fully saturated rings. The zero-order chi connectivity index (χ0) is 10.8. The molecule has 4 N–H and O–H groups in total. The van der Waals surface area contributed by atoms with Crippen LogP contribution in [0.5, 0.6) is 0 Å². The number of halogens is 3. The quantitative estimate of drug-likeness (QED) is 0.652. The van der Waals surface area contributed by atoms with Crippen molar-refractivity contribution in [2.75, 3.05) is 12.3 Å². The first-order valence-corrected chi connectivity index (χ1v) is 3.54. The molecule has 78 valence electrons. The number of nitrogens with zero attached hydrogens (tertiary/aromatic N) is 1. The van der Waals surface area contributed by atoms with E-state index in [4.69, 9.17) is 5.73 Å². The summed E-state index contributed by atoms with van der Waals surface area (Å²) in [5, 5.41) is 7.23. The summed E-state index contributed by atoms with van der Waals surface area (Å²) in [4.78, 5) is 11.0. The minimum Gasteiger partial charge on any atom is -0.396 e. The third-order valence-electron chi connectivity index (χ3n) is 1.35. The Labute approximate surface area is 76.5 Å². The van der Waals surface area contributed by atoms with Crippen LogP contribution in [-0.2, 0) is 0 Å². The number of alkyl halides is 3. The van der Waals surface area contributed by atoms with Crippen LogP contribution in [0.1, 0.15) is 10.5 Å². The molecule has 0 aliphatic rings. The Morgan fingerprint density at radius 2 is 2.29 bits per heavy atom. The molecule has 1 rings (SSSR count). The average Bonchev–Trinajstić information content (AvgIpc) is 2.46. The normalized spacial score (nSPS) is 11.4. The van der Waals surface area contributed by atoms with E-state index in [1.807, 2.05) is 0 Å². The number of carbonyl (C=O) groups excluding carboxylic acids is 1. The fourth-order valence-electron chi connectivity index (χ4n) is 0.746. The topological polar surface area (TPSA) is 83.8 Å². The Morgan fingerprint density at radius 1 is 1.64 bits per heavy atom. The summed E-state index contributed by atoms with van der Waals surface area (Å²) in [7, 11) is 0. The van der Waals surface area contributed by atoms with Gasteiger partial charge in [-0.15, -0.1) is 0 Å². The second kappa shape index (κ2) is 3.56. The van der Waals surface area contributed by atoms with Gasteiger partial charge in [0, 0.05) is 0 Å². The first kappa shape index (κ1) is 10.4. The second-order valence-corrected chi connectivity index (χ2v) is 2.50. The third-order valence-corrected chi connectivity index (χ3v) is 1.35. The van der Waals surface area contributed by atoms with Crippen LogP contribution in [0.3, 0.4) is 0 Å². The van der Waals surface area contributed by atoms with E-state index in [0.29, 0.717) is 0 Å². The zero-order valence-electron chi connectivity index (χ0n) is 6.85. The number of anilines is 1. The van der Waals surface area contributed by atoms with E-state index in [9.17, 15) is 18.0 Å². The van der Waals surface area contributed by atoms with Crippen LogP contribution in [0.2, 0.25) is 0 Å². The van der Waals surface area contributed by atoms with Crippen molar-refractivity contribution in [1.82, 2.24) is 15.5 Å². The van der Waals surface area contributed by atoms with E-state index in [0.717, 1.165) is 6.20 Å². The van der Waals surface area contributed by atoms with E-state index in [1.165, 1.54) is 0 Å². The molecule has 0 radical (unpaired) electrons. The summed E-state index contributed by atoms with van der Waals surface area (Å²) < 4.78 is 35.1. The molecule has 14 heavy (non-hydrogen) atoms. The molecule has 1 amide bonds. The highest BCUT2D eigenvalue weighted by Crippen LogP contribution is 2.13. The summed E-state index contributed by atoms with van der Waals surface area (Å²) in [5.41, 5.74) is 5.08. The number of H-pyrrole nitrogens is 1. The van der Waals surface area contributed by atoms with Gasteiger partial charge in [-0.3, -0.25) is 9.89 Å². The lowest BCUT2D eigenvalue weighted by atomic mass is 10.3. The maximum atomic E-state index is 11.7. The highest BCUT2D eigenvalue weighted by atomic mass is 19.4. The average molecular weight is 208 g/mol. The van der Waals surface area contributed by atoms with Crippen molar-refractivity contribution in [3.05, 3.63) is 11.9 Å². The van der Waals surface area contributed by atoms with Gasteiger partial charge in [-0.25, -0.2) is 0 Å². The molecule has 0 aliphatic heterocycles. The molecule has 5 nitrogen and oxygen atoms in total. The Hall–Kier alpha value is -1.73. The molecule has 1 aromatic rings. The Kier molecular flexibility index (Phi) is 2.63. The van der Waals surface area contributed by atoms with E-state index < -0.39 is 18.6 Å². The van der Waals surface area contributed by atoms with Crippen molar-refractivity contribution in [2.24, 2.45) is 0 Å². The van der Waals surface area contributed by atoms with Crippen LogP contribution >= 0.6 is 0 Å². The fourth-order valence-corrected chi connectivity index (χ4v) is 0.746. The van der Waals surface area contributed by atoms with Crippen molar-refractivity contribution in [2.45, 2.75) is 6.18 Å². The van der Waals surface area contributed by atoms with Gasteiger partial charge in [0.25, 0.3) is 5.91 Å². The minimum atomic E-state index is -4.44. The molecule has 0 spiro atoms. The van der Waals surface area contributed by atoms with Crippen LogP contribution < -0.4 is 11.1 Å². The van der Waals surface area contributed by atoms with Gasteiger partial charge in [0.15, 0.2) is 0 Å². The van der Waals surface area contributed by atoms with Gasteiger partial charge in [-0.1, -0.05) is 0 Å². The molecular weight excluding hydrogens is 201 g/mol. The van der Waals surface area contributed by atoms with Crippen LogP contribution in [0.25, 0.3) is 0 Å². The molecule has 1 aromatic heterocycles. The predicted octanol–water partition coefficient (Wildman–Crippen LogP) is 0.284. The van der Waals surface area contributed by atoms with Crippen LogP contribution in [0.4, 0.5) is 18.9 Å². The van der Waals surface area contributed by atoms with Crippen molar-refractivity contribution in [3.63, 3.8) is 0 Å². The Balaban J connectivity index is 2.56. The molecule has 0 saturated carbocycles. The first-order valence-electron chi connectivity index (χ1n) is 3.54. The molecule has 0 aromatic carbocycles. The maximum absolute atomic E-state index is 11.7. The van der Waals surface area contributed by atoms with Crippen LogP contribution in [-0.4, -0.2) is 28.8 Å². The van der Waals surface area contributed by atoms with Gasteiger partial charge in [-0.2, -0.15) is 18.3 Å². The maximum Gasteiger partial charge on any atom is 0.405 e. The summed E-state index contributed by atoms with van der Waals surface area (Å²) >= 11 is 0. The van der Waals surface area contributed by atoms with Crippen molar-refractivity contribution < 1.29 is 18.0 Å². The standard InChI is InChI=1S/C6H7F3N4O/c7-6(8,9)2-11-5(14)4-3(10)1-12-13-4/h1H,2,10H2,(H,11,14)(H,12,13). The third kappa shape index (κ3) is 2.64. The number of nitrogen functional groups attached to an aromatic ring is 1. The SMILES string of the molecule is Nc1cn[nH]c1C(=O)NCC(F)(F)F. The second-order valence-electron chi connectivity index (χ2n) is 2.50. The summed E-state index contributed by atoms with van der Waals surface area (Å²) in [6.07, 6.45) is -3.30. The van der Waals surface area contributed by atoms with Crippen molar-refractivity contribution in [1.29, 1.82) is 0 Å². The van der Waals surface area contributed by atoms with E-state index in [-0.39, 0.29) is 11.4 Å². The van der Waals surface area contributed by atoms with Crippen LogP contribution in [0, 0.1) is 0 Å². The van der Waals surface area contributed by atoms with E-state index >= 15 is 0 Å². The number of carbonyl (C=O) groups is 1. The van der Waals surface area contributed by atoms with Gasteiger partial charge >= 0.3 is 6.18 Å². The van der Waals surface area contributed by atoms with Gasteiger partial charge in [0.2, 0.25) is 0 Å². The lowest BCUT2D eigenvalue weighted by Gasteiger charge is -2.07. The lowest BCUT2D eigenvalue weighted by Crippen LogP contribution is -2.34. The van der Waals surface area contributed by atoms with Gasteiger partial charge in [0.1, 0.15) is 12.2 Å². The van der Waals surface area contributed by atoms with E-state index in [1.54, 1.807) is 5.32 Å². The minimum absolute atomic E-state index is 0.00433. The zero-order valence-corrected chi connectivity index (χ0v) is 6.85. The molecule has 0 bridgehead atoms. The molecule has 1 heterocycles. The molecular formula is C6H7F3N4O. The van der Waals surface area contributed by atoms with Crippen molar-refractivity contribution in [3.8, 4) is 0 Å². The first-order chi connectivity index (χ1) is 6.40. The number of nitrogens with two attached hydrogens (primary N) is 1. The molecule has 0 saturated heterocycles. The number of rotatable bonds is 2. The Morgan fingerprint density at radius 3 is 2.71 bits per heavy atom. The number of amides is 1. The number of hydrogen-bond donors (Lipinski definition) is 3. The summed E-state index contributed by atoms with van der Waals surface area (Å²) in [5.74, 6) is -0.933. The summed E-state index contributed by atoms with van der Waals surface area (Å²) in [6.45, 7) is -1.40. The fraction of sp³-hybridized carbons (Fsp3) is 0.333. The number of nitrogens with one attached hydrogen (secondary N) is 2. The summed E-state index contributed by atoms with van der Waals surface area (Å²) in [6, 6.07) is 0. The molecule has 0 aliphatic carbocycles. The Bertz CT molecular complexity index is 332. The molecule has 8 heteroatoms. The molecule has 0 unspecified atom stereocenters. The van der Waals surface area contributed by atoms with Gasteiger partial charge in [-0.05, 0) is 0 Å². The predicted molar refractivity (Wildman–Crippen MR) is 41.4 cm³/mol.